The Bertz CT molecular complexity index is 1430. The third-order valence-electron chi connectivity index (χ3n) is 5.28. The molecule has 34 heavy (non-hydrogen) atoms. The summed E-state index contributed by atoms with van der Waals surface area (Å²) in [6, 6.07) is 14.1. The zero-order valence-corrected chi connectivity index (χ0v) is 20.2. The molecule has 4 aromatic rings. The van der Waals surface area contributed by atoms with Gasteiger partial charge in [0.15, 0.2) is 13.0 Å². The number of carboxylic acids is 1. The number of hydrogen-bond donors (Lipinski definition) is 2. The second kappa shape index (κ2) is 9.78. The maximum Gasteiger partial charge on any atom is 0.335 e. The zero-order chi connectivity index (χ0) is 24.4. The number of amides is 1. The Kier molecular flexibility index (Phi) is 6.81. The van der Waals surface area contributed by atoms with Crippen LogP contribution in [0.25, 0.3) is 16.5 Å². The highest BCUT2D eigenvalue weighted by molar-refractivity contribution is 7.99. The third-order valence-corrected chi connectivity index (χ3v) is 6.52. The number of nitrogens with zero attached hydrogens (tertiary/aromatic N) is 3. The number of rotatable bonds is 7. The molecule has 0 unspecified atom stereocenters. The van der Waals surface area contributed by atoms with Crippen LogP contribution in [-0.2, 0) is 4.79 Å². The van der Waals surface area contributed by atoms with Gasteiger partial charge < -0.3 is 15.2 Å². The van der Waals surface area contributed by atoms with E-state index in [1.807, 2.05) is 49.7 Å². The van der Waals surface area contributed by atoms with Gasteiger partial charge in [0, 0.05) is 5.39 Å². The fraction of sp³-hybridized carbons (Fsp3) is 0.130. The van der Waals surface area contributed by atoms with Gasteiger partial charge in [0.05, 0.1) is 40.5 Å². The number of thioether (sulfide) groups is 1. The first-order chi connectivity index (χ1) is 16.3. The van der Waals surface area contributed by atoms with Crippen molar-refractivity contribution in [3.63, 3.8) is 0 Å². The molecule has 1 aromatic heterocycles. The molecule has 0 aliphatic carbocycles. The molecule has 3 aromatic carbocycles. The number of anilines is 1. The van der Waals surface area contributed by atoms with Crippen LogP contribution in [0.15, 0.2) is 53.7 Å². The van der Waals surface area contributed by atoms with E-state index in [0.717, 1.165) is 27.8 Å². The van der Waals surface area contributed by atoms with Crippen LogP contribution >= 0.6 is 23.4 Å². The quantitative estimate of drug-likeness (QED) is 0.300. The Morgan fingerprint density at radius 2 is 1.94 bits per heavy atom. The standard InChI is InChI=1S/C23H20BClN4O4S/c1-12-3-8-19(16-10-14(33-2)5-6-15(12)16)29-22(24)27-28-23(29)34-11-20(30)26-18-7-4-13(21(31)32)9-17(18)25/h3-10H,11,24H2,1-2H3,(H,26,30)(H,31,32). The van der Waals surface area contributed by atoms with E-state index in [2.05, 4.69) is 15.5 Å². The van der Waals surface area contributed by atoms with Crippen molar-refractivity contribution in [2.45, 2.75) is 12.1 Å². The number of aryl methyl sites for hydroxylation is 1. The van der Waals surface area contributed by atoms with Gasteiger partial charge >= 0.3 is 5.97 Å². The van der Waals surface area contributed by atoms with Crippen molar-refractivity contribution >= 4 is 65.3 Å². The summed E-state index contributed by atoms with van der Waals surface area (Å²) in [6.07, 6.45) is 0. The predicted octanol–water partition coefficient (Wildman–Crippen LogP) is 3.08. The molecule has 1 heterocycles. The third kappa shape index (κ3) is 4.73. The summed E-state index contributed by atoms with van der Waals surface area (Å²) >= 11 is 7.35. The number of benzene rings is 3. The van der Waals surface area contributed by atoms with E-state index in [1.54, 1.807) is 7.11 Å². The number of carboxylic acid groups (broad SMARTS) is 1. The van der Waals surface area contributed by atoms with Crippen molar-refractivity contribution in [1.82, 2.24) is 14.8 Å². The minimum atomic E-state index is -1.09. The molecule has 1 amide bonds. The minimum Gasteiger partial charge on any atom is -0.497 e. The summed E-state index contributed by atoms with van der Waals surface area (Å²) in [5, 5.41) is 23.0. The van der Waals surface area contributed by atoms with Crippen molar-refractivity contribution in [1.29, 1.82) is 0 Å². The summed E-state index contributed by atoms with van der Waals surface area (Å²) < 4.78 is 7.33. The van der Waals surface area contributed by atoms with Gasteiger partial charge in [0.2, 0.25) is 5.91 Å². The number of fused-ring (bicyclic) bond motifs is 1. The number of aromatic carboxylic acids is 1. The molecule has 0 fully saturated rings. The average Bonchev–Trinajstić information content (AvgIpc) is 3.19. The number of halogens is 1. The van der Waals surface area contributed by atoms with Gasteiger partial charge in [-0.1, -0.05) is 35.5 Å². The van der Waals surface area contributed by atoms with Gasteiger partial charge in [0.25, 0.3) is 0 Å². The summed E-state index contributed by atoms with van der Waals surface area (Å²) in [5.74, 6) is -0.601. The lowest BCUT2D eigenvalue weighted by molar-refractivity contribution is -0.113. The number of aromatic nitrogens is 3. The normalized spacial score (nSPS) is 10.9. The molecule has 172 valence electrons. The Hall–Kier alpha value is -3.50. The average molecular weight is 495 g/mol. The number of ether oxygens (including phenoxy) is 1. The van der Waals surface area contributed by atoms with Crippen LogP contribution in [0.1, 0.15) is 15.9 Å². The lowest BCUT2D eigenvalue weighted by atomic mass is 10.0. The number of carbonyl (C=O) groups is 2. The Morgan fingerprint density at radius 1 is 1.15 bits per heavy atom. The van der Waals surface area contributed by atoms with Gasteiger partial charge in [-0.25, -0.2) is 4.79 Å². The van der Waals surface area contributed by atoms with E-state index >= 15 is 0 Å². The van der Waals surface area contributed by atoms with Gasteiger partial charge in [-0.15, -0.1) is 10.2 Å². The topological polar surface area (TPSA) is 106 Å². The second-order valence-corrected chi connectivity index (χ2v) is 8.86. The van der Waals surface area contributed by atoms with Gasteiger partial charge in [0.1, 0.15) is 5.75 Å². The monoisotopic (exact) mass is 494 g/mol. The maximum absolute atomic E-state index is 12.6. The molecule has 0 atom stereocenters. The van der Waals surface area contributed by atoms with Crippen LogP contribution in [0.3, 0.4) is 0 Å². The molecular weight excluding hydrogens is 475 g/mol. The molecule has 0 bridgehead atoms. The maximum atomic E-state index is 12.6. The summed E-state index contributed by atoms with van der Waals surface area (Å²) in [5.41, 5.74) is 3.08. The molecule has 0 aliphatic heterocycles. The highest BCUT2D eigenvalue weighted by atomic mass is 35.5. The van der Waals surface area contributed by atoms with Crippen molar-refractivity contribution in [2.75, 3.05) is 18.2 Å². The van der Waals surface area contributed by atoms with Crippen LogP contribution in [0.4, 0.5) is 5.69 Å². The number of nitrogens with one attached hydrogen (secondary N) is 1. The zero-order valence-electron chi connectivity index (χ0n) is 18.6. The minimum absolute atomic E-state index is 0.0444. The van der Waals surface area contributed by atoms with Gasteiger partial charge in [-0.3, -0.25) is 9.36 Å². The molecule has 0 saturated heterocycles. The molecule has 0 spiro atoms. The van der Waals surface area contributed by atoms with Crippen LogP contribution in [0, 0.1) is 6.92 Å². The largest absolute Gasteiger partial charge is 0.497 e. The first kappa shape index (κ1) is 23.7. The number of methoxy groups -OCH3 is 1. The Labute approximate surface area is 205 Å². The van der Waals surface area contributed by atoms with E-state index in [9.17, 15) is 9.59 Å². The van der Waals surface area contributed by atoms with Crippen LogP contribution in [0.5, 0.6) is 5.75 Å². The van der Waals surface area contributed by atoms with E-state index < -0.39 is 5.97 Å². The molecule has 2 N–H and O–H groups in total. The molecule has 0 radical (unpaired) electrons. The van der Waals surface area contributed by atoms with Crippen LogP contribution < -0.4 is 15.8 Å². The first-order valence-electron chi connectivity index (χ1n) is 10.2. The van der Waals surface area contributed by atoms with Gasteiger partial charge in [-0.05, 0) is 54.3 Å². The lowest BCUT2D eigenvalue weighted by Gasteiger charge is -2.14. The van der Waals surface area contributed by atoms with E-state index in [4.69, 9.17) is 21.4 Å². The van der Waals surface area contributed by atoms with Crippen LogP contribution in [-0.4, -0.2) is 52.5 Å². The molecule has 11 heteroatoms. The fourth-order valence-electron chi connectivity index (χ4n) is 3.56. The van der Waals surface area contributed by atoms with E-state index in [-0.39, 0.29) is 22.2 Å². The molecule has 4 rings (SSSR count). The van der Waals surface area contributed by atoms with E-state index in [0.29, 0.717) is 16.6 Å². The van der Waals surface area contributed by atoms with Crippen LogP contribution in [0.2, 0.25) is 5.02 Å². The molecule has 8 nitrogen and oxygen atoms in total. The van der Waals surface area contributed by atoms with Crippen molar-refractivity contribution < 1.29 is 19.4 Å². The SMILES string of the molecule is Bc1nnc(SCC(=O)Nc2ccc(C(=O)O)cc2Cl)n1-c1ccc(C)c2ccc(OC)cc12. The molecule has 0 aliphatic rings. The second-order valence-electron chi connectivity index (χ2n) is 7.51. The smallest absolute Gasteiger partial charge is 0.335 e. The van der Waals surface area contributed by atoms with Crippen molar-refractivity contribution in [2.24, 2.45) is 0 Å². The lowest BCUT2D eigenvalue weighted by Crippen LogP contribution is -2.19. The predicted molar refractivity (Wildman–Crippen MR) is 136 cm³/mol. The van der Waals surface area contributed by atoms with Gasteiger partial charge in [-0.2, -0.15) is 0 Å². The summed E-state index contributed by atoms with van der Waals surface area (Å²) in [6.45, 7) is 2.05. The molecule has 0 saturated carbocycles. The fourth-order valence-corrected chi connectivity index (χ4v) is 4.58. The van der Waals surface area contributed by atoms with E-state index in [1.165, 1.54) is 30.0 Å². The molecular formula is C23H20BClN4O4S. The highest BCUT2D eigenvalue weighted by Gasteiger charge is 2.17. The Balaban J connectivity index is 1.58. The summed E-state index contributed by atoms with van der Waals surface area (Å²) in [4.78, 5) is 23.6. The van der Waals surface area contributed by atoms with Crippen molar-refractivity contribution in [3.05, 3.63) is 64.7 Å². The number of carbonyl (C=O) groups excluding carboxylic acids is 1. The highest BCUT2D eigenvalue weighted by Crippen LogP contribution is 2.31. The summed E-state index contributed by atoms with van der Waals surface area (Å²) in [7, 11) is 3.48. The number of hydrogen-bond acceptors (Lipinski definition) is 6. The first-order valence-corrected chi connectivity index (χ1v) is 11.6. The Morgan fingerprint density at radius 3 is 2.65 bits per heavy atom. The van der Waals surface area contributed by atoms with Crippen molar-refractivity contribution in [3.8, 4) is 11.4 Å².